The van der Waals surface area contributed by atoms with Crippen molar-refractivity contribution < 1.29 is 55.6 Å². The number of carbonyl (C=O) groups is 3. The van der Waals surface area contributed by atoms with Gasteiger partial charge in [-0.15, -0.1) is 0 Å². The zero-order valence-corrected chi connectivity index (χ0v) is 12.2. The van der Waals surface area contributed by atoms with E-state index in [9.17, 15) is 14.4 Å². The maximum Gasteiger partial charge on any atom is 1.00 e. The van der Waals surface area contributed by atoms with Crippen LogP contribution in [0.25, 0.3) is 0 Å². The maximum atomic E-state index is 11.2. The predicted octanol–water partition coefficient (Wildman–Crippen LogP) is -2.27. The third kappa shape index (κ3) is 10.3. The van der Waals surface area contributed by atoms with Crippen molar-refractivity contribution in [2.75, 3.05) is 0 Å². The Morgan fingerprint density at radius 2 is 1.82 bits per heavy atom. The summed E-state index contributed by atoms with van der Waals surface area (Å²) in [6, 6.07) is -1.34. The van der Waals surface area contributed by atoms with E-state index >= 15 is 0 Å². The summed E-state index contributed by atoms with van der Waals surface area (Å²) >= 11 is 0. The van der Waals surface area contributed by atoms with E-state index in [2.05, 4.69) is 5.32 Å². The van der Waals surface area contributed by atoms with Crippen LogP contribution in [0.3, 0.4) is 0 Å². The van der Waals surface area contributed by atoms with E-state index in [0.717, 1.165) is 12.8 Å². The van der Waals surface area contributed by atoms with Crippen LogP contribution < -0.4 is 34.9 Å². The van der Waals surface area contributed by atoms with Crippen LogP contribution in [0.5, 0.6) is 0 Å². The standard InChI is InChI=1S/C10H17NO5.Na.H/c1-2-3-4-5-8(12)11-7(10(15)16)6-9(13)14;;/h7H,2-6H2,1H3,(H,11,12)(H,13,14)(H,15,16);;/q;+1;-1. The molecular weight excluding hydrogens is 237 g/mol. The quantitative estimate of drug-likeness (QED) is 0.335. The Balaban J connectivity index is -0.00000112. The fourth-order valence-electron chi connectivity index (χ4n) is 1.18. The van der Waals surface area contributed by atoms with Crippen molar-refractivity contribution in [3.63, 3.8) is 0 Å². The molecular formula is C10H18NNaO5. The summed E-state index contributed by atoms with van der Waals surface area (Å²) in [5.41, 5.74) is 0. The average molecular weight is 255 g/mol. The second-order valence-electron chi connectivity index (χ2n) is 3.51. The first-order valence-electron chi connectivity index (χ1n) is 5.21. The molecule has 0 aliphatic carbocycles. The molecule has 1 unspecified atom stereocenters. The molecule has 0 bridgehead atoms. The van der Waals surface area contributed by atoms with E-state index in [0.29, 0.717) is 6.42 Å². The molecule has 0 aromatic rings. The summed E-state index contributed by atoms with van der Waals surface area (Å²) in [4.78, 5) is 32.2. The van der Waals surface area contributed by atoms with Crippen LogP contribution in [-0.4, -0.2) is 34.1 Å². The smallest absolute Gasteiger partial charge is 1.00 e. The Bertz CT molecular complexity index is 275. The van der Waals surface area contributed by atoms with Gasteiger partial charge in [-0.2, -0.15) is 0 Å². The van der Waals surface area contributed by atoms with Crippen molar-refractivity contribution in [2.45, 2.75) is 45.1 Å². The summed E-state index contributed by atoms with van der Waals surface area (Å²) in [5, 5.41) is 19.3. The zero-order valence-electron chi connectivity index (χ0n) is 11.2. The number of hydrogen-bond donors (Lipinski definition) is 3. The summed E-state index contributed by atoms with van der Waals surface area (Å²) < 4.78 is 0. The molecule has 0 aliphatic rings. The van der Waals surface area contributed by atoms with Gasteiger partial charge in [-0.05, 0) is 6.42 Å². The van der Waals surface area contributed by atoms with Gasteiger partial charge >= 0.3 is 41.5 Å². The number of carboxylic acids is 2. The minimum Gasteiger partial charge on any atom is -1.00 e. The SMILES string of the molecule is CCCCCC(=O)NC(CC(=O)O)C(=O)O.[H-].[Na+]. The van der Waals surface area contributed by atoms with Gasteiger partial charge in [0.15, 0.2) is 0 Å². The second-order valence-corrected chi connectivity index (χ2v) is 3.51. The molecule has 0 aliphatic heterocycles. The van der Waals surface area contributed by atoms with Gasteiger partial charge in [0.1, 0.15) is 6.04 Å². The Labute approximate surface area is 124 Å². The van der Waals surface area contributed by atoms with Gasteiger partial charge in [-0.25, -0.2) is 4.79 Å². The molecule has 0 heterocycles. The molecule has 6 nitrogen and oxygen atoms in total. The van der Waals surface area contributed by atoms with E-state index in [4.69, 9.17) is 10.2 Å². The number of unbranched alkanes of at least 4 members (excludes halogenated alkanes) is 2. The van der Waals surface area contributed by atoms with Crippen LogP contribution in [-0.2, 0) is 14.4 Å². The van der Waals surface area contributed by atoms with Crippen LogP contribution >= 0.6 is 0 Å². The molecule has 0 fully saturated rings. The normalized spacial score (nSPS) is 11.1. The summed E-state index contributed by atoms with van der Waals surface area (Å²) in [6.45, 7) is 1.99. The largest absolute Gasteiger partial charge is 1.00 e. The minimum atomic E-state index is -1.34. The van der Waals surface area contributed by atoms with Crippen molar-refractivity contribution in [1.82, 2.24) is 5.32 Å². The molecule has 0 saturated carbocycles. The molecule has 0 spiro atoms. The first kappa shape index (κ1) is 18.8. The maximum absolute atomic E-state index is 11.2. The second kappa shape index (κ2) is 10.6. The molecule has 7 heteroatoms. The van der Waals surface area contributed by atoms with Crippen LogP contribution in [0.15, 0.2) is 0 Å². The molecule has 0 aromatic heterocycles. The number of hydrogen-bond acceptors (Lipinski definition) is 3. The van der Waals surface area contributed by atoms with Crippen LogP contribution in [0.2, 0.25) is 0 Å². The molecule has 0 saturated heterocycles. The summed E-state index contributed by atoms with van der Waals surface area (Å²) in [6.07, 6.45) is 2.17. The molecule has 1 amide bonds. The third-order valence-corrected chi connectivity index (χ3v) is 2.02. The molecule has 94 valence electrons. The molecule has 3 N–H and O–H groups in total. The fourth-order valence-corrected chi connectivity index (χ4v) is 1.18. The van der Waals surface area contributed by atoms with Crippen molar-refractivity contribution in [3.05, 3.63) is 0 Å². The number of amides is 1. The van der Waals surface area contributed by atoms with Gasteiger partial charge < -0.3 is 17.0 Å². The predicted molar refractivity (Wildman–Crippen MR) is 57.1 cm³/mol. The van der Waals surface area contributed by atoms with E-state index in [1.165, 1.54) is 0 Å². The summed E-state index contributed by atoms with van der Waals surface area (Å²) in [7, 11) is 0. The number of carboxylic acid groups (broad SMARTS) is 2. The first-order valence-corrected chi connectivity index (χ1v) is 5.21. The topological polar surface area (TPSA) is 104 Å². The Morgan fingerprint density at radius 1 is 1.24 bits per heavy atom. The van der Waals surface area contributed by atoms with Gasteiger partial charge in [-0.1, -0.05) is 19.8 Å². The van der Waals surface area contributed by atoms with Crippen molar-refractivity contribution in [2.24, 2.45) is 0 Å². The molecule has 1 atom stereocenters. The number of aliphatic carboxylic acids is 2. The van der Waals surface area contributed by atoms with Crippen LogP contribution in [0.1, 0.15) is 40.5 Å². The van der Waals surface area contributed by atoms with E-state index in [1.807, 2.05) is 6.92 Å². The molecule has 17 heavy (non-hydrogen) atoms. The van der Waals surface area contributed by atoms with Gasteiger partial charge in [0, 0.05) is 6.42 Å². The van der Waals surface area contributed by atoms with Crippen molar-refractivity contribution >= 4 is 17.8 Å². The van der Waals surface area contributed by atoms with Crippen molar-refractivity contribution in [1.29, 1.82) is 0 Å². The zero-order chi connectivity index (χ0) is 12.6. The Morgan fingerprint density at radius 3 is 2.24 bits per heavy atom. The average Bonchev–Trinajstić information content (AvgIpc) is 2.16. The molecule has 0 rings (SSSR count). The van der Waals surface area contributed by atoms with Gasteiger partial charge in [-0.3, -0.25) is 9.59 Å². The minimum absolute atomic E-state index is 0. The monoisotopic (exact) mass is 255 g/mol. The van der Waals surface area contributed by atoms with E-state index < -0.39 is 30.3 Å². The summed E-state index contributed by atoms with van der Waals surface area (Å²) in [5.74, 6) is -2.99. The Hall–Kier alpha value is -0.590. The van der Waals surface area contributed by atoms with Crippen LogP contribution in [0.4, 0.5) is 0 Å². The number of nitrogens with one attached hydrogen (secondary N) is 1. The van der Waals surface area contributed by atoms with Gasteiger partial charge in [0.25, 0.3) is 0 Å². The van der Waals surface area contributed by atoms with Crippen molar-refractivity contribution in [3.8, 4) is 0 Å². The molecule has 0 aromatic carbocycles. The fraction of sp³-hybridized carbons (Fsp3) is 0.700. The van der Waals surface area contributed by atoms with E-state index in [1.54, 1.807) is 0 Å². The Kier molecular flexibility index (Phi) is 11.7. The van der Waals surface area contributed by atoms with Gasteiger partial charge in [0.2, 0.25) is 5.91 Å². The first-order chi connectivity index (χ1) is 7.47. The number of carbonyl (C=O) groups excluding carboxylic acids is 1. The molecule has 0 radical (unpaired) electrons. The van der Waals surface area contributed by atoms with E-state index in [-0.39, 0.29) is 37.4 Å². The van der Waals surface area contributed by atoms with Gasteiger partial charge in [0.05, 0.1) is 6.42 Å². The number of rotatable bonds is 8. The third-order valence-electron chi connectivity index (χ3n) is 2.02. The van der Waals surface area contributed by atoms with Crippen LogP contribution in [0, 0.1) is 0 Å².